The van der Waals surface area contributed by atoms with Gasteiger partial charge in [0, 0.05) is 41.2 Å². The van der Waals surface area contributed by atoms with Crippen molar-refractivity contribution in [1.29, 1.82) is 0 Å². The Bertz CT molecular complexity index is 1540. The van der Waals surface area contributed by atoms with Crippen LogP contribution in [0.4, 0.5) is 13.2 Å². The molecule has 0 aliphatic carbocycles. The molecule has 0 radical (unpaired) electrons. The summed E-state index contributed by atoms with van der Waals surface area (Å²) >= 11 is 0. The molecule has 6 nitrogen and oxygen atoms in total. The number of carbonyl (C=O) groups is 1. The molecule has 3 aromatic carbocycles. The highest BCUT2D eigenvalue weighted by Crippen LogP contribution is 2.39. The molecule has 0 aliphatic rings. The minimum absolute atomic E-state index is 0.0204. The Balaban J connectivity index is 1.49. The van der Waals surface area contributed by atoms with Crippen LogP contribution >= 0.6 is 0 Å². The maximum atomic E-state index is 13.9. The highest BCUT2D eigenvalue weighted by molar-refractivity contribution is 5.94. The fraction of sp³-hybridized carbons (Fsp3) is 0.148. The van der Waals surface area contributed by atoms with Crippen molar-refractivity contribution in [2.45, 2.75) is 25.6 Å². The molecule has 1 N–H and O–H groups in total. The Kier molecular flexibility index (Phi) is 6.05. The zero-order valence-corrected chi connectivity index (χ0v) is 18.9. The van der Waals surface area contributed by atoms with Gasteiger partial charge in [0.1, 0.15) is 0 Å². The van der Waals surface area contributed by atoms with Crippen molar-refractivity contribution in [3.8, 4) is 34.0 Å². The summed E-state index contributed by atoms with van der Waals surface area (Å²) in [6.45, 7) is 0.532. The third-order valence-corrected chi connectivity index (χ3v) is 5.93. The van der Waals surface area contributed by atoms with Crippen LogP contribution in [0.5, 0.6) is 0 Å². The van der Waals surface area contributed by atoms with E-state index in [9.17, 15) is 18.0 Å². The molecule has 0 bridgehead atoms. The Morgan fingerprint density at radius 3 is 2.50 bits per heavy atom. The minimum atomic E-state index is -4.57. The first kappa shape index (κ1) is 23.3. The monoisotopic (exact) mass is 491 g/mol. The molecule has 182 valence electrons. The molecule has 0 amide bonds. The first-order valence-corrected chi connectivity index (χ1v) is 11.2. The van der Waals surface area contributed by atoms with E-state index in [0.29, 0.717) is 24.1 Å². The summed E-state index contributed by atoms with van der Waals surface area (Å²) in [4.78, 5) is 15.2. The lowest BCUT2D eigenvalue weighted by molar-refractivity contribution is -0.138. The van der Waals surface area contributed by atoms with Gasteiger partial charge < -0.3 is 14.2 Å². The third-order valence-electron chi connectivity index (χ3n) is 5.93. The summed E-state index contributed by atoms with van der Waals surface area (Å²) in [5.74, 6) is -0.621. The van der Waals surface area contributed by atoms with Gasteiger partial charge in [-0.1, -0.05) is 53.7 Å². The molecule has 0 unspecified atom stereocenters. The van der Waals surface area contributed by atoms with E-state index in [0.717, 1.165) is 17.0 Å². The van der Waals surface area contributed by atoms with E-state index in [1.165, 1.54) is 12.1 Å². The van der Waals surface area contributed by atoms with Crippen molar-refractivity contribution >= 4 is 16.9 Å². The van der Waals surface area contributed by atoms with Crippen molar-refractivity contribution < 1.29 is 27.6 Å². The number of aromatic nitrogens is 3. The van der Waals surface area contributed by atoms with Crippen LogP contribution in [0.2, 0.25) is 0 Å². The maximum absolute atomic E-state index is 13.9. The lowest BCUT2D eigenvalue weighted by Gasteiger charge is -2.14. The Morgan fingerprint density at radius 2 is 1.75 bits per heavy atom. The number of hydrogen-bond donors (Lipinski definition) is 1. The van der Waals surface area contributed by atoms with E-state index < -0.39 is 17.7 Å². The second-order valence-electron chi connectivity index (χ2n) is 8.29. The molecule has 2 aromatic heterocycles. The van der Waals surface area contributed by atoms with Gasteiger partial charge in [0.05, 0.1) is 5.56 Å². The molecular formula is C27H20F3N3O3. The van der Waals surface area contributed by atoms with E-state index in [-0.39, 0.29) is 29.3 Å². The second kappa shape index (κ2) is 9.33. The normalized spacial score (nSPS) is 11.8. The van der Waals surface area contributed by atoms with Crippen LogP contribution < -0.4 is 0 Å². The number of halogens is 3. The van der Waals surface area contributed by atoms with Crippen LogP contribution in [-0.2, 0) is 17.5 Å². The summed E-state index contributed by atoms with van der Waals surface area (Å²) < 4.78 is 49.0. The van der Waals surface area contributed by atoms with Crippen molar-refractivity contribution in [2.75, 3.05) is 0 Å². The quantitative estimate of drug-likeness (QED) is 0.268. The molecule has 0 spiro atoms. The molecule has 2 heterocycles. The highest BCUT2D eigenvalue weighted by atomic mass is 19.4. The van der Waals surface area contributed by atoms with Gasteiger partial charge in [-0.05, 0) is 41.8 Å². The number of aliphatic carboxylic acids is 1. The number of carboxylic acids is 1. The fourth-order valence-electron chi connectivity index (χ4n) is 4.25. The molecule has 0 aliphatic heterocycles. The fourth-order valence-corrected chi connectivity index (χ4v) is 4.25. The summed E-state index contributed by atoms with van der Waals surface area (Å²) in [5.41, 5.74) is 1.45. The zero-order chi connectivity index (χ0) is 25.3. The van der Waals surface area contributed by atoms with E-state index in [4.69, 9.17) is 9.63 Å². The summed E-state index contributed by atoms with van der Waals surface area (Å²) in [6.07, 6.45) is -2.17. The van der Waals surface area contributed by atoms with Gasteiger partial charge >= 0.3 is 12.1 Å². The van der Waals surface area contributed by atoms with Crippen molar-refractivity contribution in [2.24, 2.45) is 0 Å². The van der Waals surface area contributed by atoms with Gasteiger partial charge in [-0.25, -0.2) is 0 Å². The highest BCUT2D eigenvalue weighted by Gasteiger charge is 2.34. The van der Waals surface area contributed by atoms with Gasteiger partial charge in [0.2, 0.25) is 5.82 Å². The topological polar surface area (TPSA) is 81.1 Å². The van der Waals surface area contributed by atoms with E-state index in [1.54, 1.807) is 36.4 Å². The average molecular weight is 491 g/mol. The molecule has 0 saturated heterocycles. The average Bonchev–Trinajstić information content (AvgIpc) is 3.51. The van der Waals surface area contributed by atoms with Crippen LogP contribution in [0.15, 0.2) is 83.5 Å². The lowest BCUT2D eigenvalue weighted by Crippen LogP contribution is -2.07. The molecule has 0 atom stereocenters. The first-order chi connectivity index (χ1) is 17.3. The molecule has 36 heavy (non-hydrogen) atoms. The van der Waals surface area contributed by atoms with Crippen LogP contribution in [0.1, 0.15) is 18.4 Å². The number of benzene rings is 3. The van der Waals surface area contributed by atoms with Crippen LogP contribution in [0.3, 0.4) is 0 Å². The molecule has 5 rings (SSSR count). The number of rotatable bonds is 7. The second-order valence-corrected chi connectivity index (χ2v) is 8.29. The van der Waals surface area contributed by atoms with Crippen molar-refractivity contribution in [3.05, 3.63) is 84.6 Å². The summed E-state index contributed by atoms with van der Waals surface area (Å²) in [5, 5.41) is 13.7. The predicted molar refractivity (Wildman–Crippen MR) is 128 cm³/mol. The maximum Gasteiger partial charge on any atom is 0.417 e. The van der Waals surface area contributed by atoms with Gasteiger partial charge in [-0.3, -0.25) is 4.79 Å². The summed E-state index contributed by atoms with van der Waals surface area (Å²) in [7, 11) is 0. The number of alkyl halides is 3. The molecule has 5 aromatic rings. The number of aryl methyl sites for hydroxylation is 1. The molecular weight excluding hydrogens is 471 g/mol. The SMILES string of the molecule is O=C(O)CCCn1ccc2c(-c3noc(-c4ccc(-c5ccccc5)c(C(F)(F)F)c4)n3)cccc21. The van der Waals surface area contributed by atoms with E-state index >= 15 is 0 Å². The zero-order valence-electron chi connectivity index (χ0n) is 18.9. The number of fused-ring (bicyclic) bond motifs is 1. The van der Waals surface area contributed by atoms with E-state index in [1.807, 2.05) is 29.0 Å². The smallest absolute Gasteiger partial charge is 0.417 e. The molecule has 0 fully saturated rings. The predicted octanol–water partition coefficient (Wildman–Crippen LogP) is 6.91. The van der Waals surface area contributed by atoms with Gasteiger partial charge in [0.15, 0.2) is 0 Å². The van der Waals surface area contributed by atoms with Gasteiger partial charge in [-0.15, -0.1) is 0 Å². The minimum Gasteiger partial charge on any atom is -0.481 e. The number of hydrogen-bond acceptors (Lipinski definition) is 4. The van der Waals surface area contributed by atoms with Gasteiger partial charge in [0.25, 0.3) is 5.89 Å². The first-order valence-electron chi connectivity index (χ1n) is 11.2. The number of carboxylic acid groups (broad SMARTS) is 1. The third kappa shape index (κ3) is 4.59. The lowest BCUT2D eigenvalue weighted by atomic mass is 9.97. The van der Waals surface area contributed by atoms with Gasteiger partial charge in [-0.2, -0.15) is 18.2 Å². The largest absolute Gasteiger partial charge is 0.481 e. The Labute approximate surface area is 203 Å². The summed E-state index contributed by atoms with van der Waals surface area (Å²) in [6, 6.07) is 19.7. The van der Waals surface area contributed by atoms with Crippen molar-refractivity contribution in [3.63, 3.8) is 0 Å². The molecule has 9 heteroatoms. The Morgan fingerprint density at radius 1 is 0.944 bits per heavy atom. The van der Waals surface area contributed by atoms with Crippen LogP contribution in [0.25, 0.3) is 44.9 Å². The number of nitrogens with zero attached hydrogens (tertiary/aromatic N) is 3. The van der Waals surface area contributed by atoms with Crippen molar-refractivity contribution in [1.82, 2.24) is 14.7 Å². The van der Waals surface area contributed by atoms with E-state index in [2.05, 4.69) is 10.1 Å². The van der Waals surface area contributed by atoms with Crippen LogP contribution in [-0.4, -0.2) is 25.8 Å². The Hall–Kier alpha value is -4.40. The molecule has 0 saturated carbocycles. The van der Waals surface area contributed by atoms with Crippen LogP contribution in [0, 0.1) is 0 Å². The standard InChI is InChI=1S/C27H20F3N3O3/c28-27(29,30)22-16-18(11-12-19(22)17-6-2-1-3-7-17)26-31-25(32-36-26)21-8-4-9-23-20(21)13-15-33(23)14-5-10-24(34)35/h1-4,6-9,11-13,15-16H,5,10,14H2,(H,34,35).